The van der Waals surface area contributed by atoms with E-state index in [0.29, 0.717) is 33.0 Å². The Hall–Kier alpha value is -1.83. The number of nitrogen functional groups attached to an aromatic ring is 1. The number of thiazole rings is 1. The summed E-state index contributed by atoms with van der Waals surface area (Å²) >= 11 is 12.9. The molecule has 3 rings (SSSR count). The molecule has 1 atom stereocenters. The maximum Gasteiger partial charge on any atom is 0.265 e. The van der Waals surface area contributed by atoms with Crippen LogP contribution in [0.3, 0.4) is 0 Å². The Labute approximate surface area is 158 Å². The average Bonchev–Trinajstić information content (AvgIpc) is 3.23. The van der Waals surface area contributed by atoms with Gasteiger partial charge in [-0.1, -0.05) is 40.6 Å². The molecule has 6 nitrogen and oxygen atoms in total. The van der Waals surface area contributed by atoms with E-state index in [0.717, 1.165) is 24.2 Å². The molecule has 0 bridgehead atoms. The number of amides is 2. The first-order chi connectivity index (χ1) is 12.0. The van der Waals surface area contributed by atoms with Crippen molar-refractivity contribution in [1.82, 2.24) is 15.2 Å². The topological polar surface area (TPSA) is 88.3 Å². The summed E-state index contributed by atoms with van der Waals surface area (Å²) in [6.07, 6.45) is 3.19. The van der Waals surface area contributed by atoms with Crippen molar-refractivity contribution >= 4 is 52.0 Å². The molecule has 1 aromatic carbocycles. The average molecular weight is 399 g/mol. The van der Waals surface area contributed by atoms with E-state index in [1.54, 1.807) is 23.1 Å². The number of nitrogens with two attached hydrogens (primary N) is 1. The zero-order valence-electron chi connectivity index (χ0n) is 13.2. The first kappa shape index (κ1) is 18.0. The van der Waals surface area contributed by atoms with Crippen molar-refractivity contribution in [3.05, 3.63) is 44.3 Å². The van der Waals surface area contributed by atoms with Gasteiger partial charge in [0, 0.05) is 19.1 Å². The Kier molecular flexibility index (Phi) is 5.46. The van der Waals surface area contributed by atoms with Gasteiger partial charge in [0.25, 0.3) is 11.8 Å². The molecule has 1 aliphatic heterocycles. The standard InChI is InChI=1S/C16H16Cl2N4O2S/c17-11-5-1-4-10(13(11)19)14(23)20-7-9-3-2-6-22(9)15(24)12-8-21-16(18)25-12/h1,4-5,8-9H,2-3,6-7,19H2,(H,20,23)/t9-/m1/s1. The lowest BCUT2D eigenvalue weighted by Crippen LogP contribution is -2.43. The molecule has 1 aliphatic rings. The van der Waals surface area contributed by atoms with E-state index in [4.69, 9.17) is 28.9 Å². The molecule has 25 heavy (non-hydrogen) atoms. The third-order valence-electron chi connectivity index (χ3n) is 4.12. The second-order valence-electron chi connectivity index (χ2n) is 5.68. The lowest BCUT2D eigenvalue weighted by molar-refractivity contribution is 0.0729. The predicted octanol–water partition coefficient (Wildman–Crippen LogP) is 3.07. The number of rotatable bonds is 4. The normalized spacial score (nSPS) is 16.9. The largest absolute Gasteiger partial charge is 0.397 e. The molecule has 0 unspecified atom stereocenters. The van der Waals surface area contributed by atoms with Gasteiger partial charge in [0.1, 0.15) is 4.88 Å². The van der Waals surface area contributed by atoms with Crippen LogP contribution in [0.15, 0.2) is 24.4 Å². The Morgan fingerprint density at radius 1 is 1.40 bits per heavy atom. The van der Waals surface area contributed by atoms with E-state index in [9.17, 15) is 9.59 Å². The molecule has 2 heterocycles. The van der Waals surface area contributed by atoms with Gasteiger partial charge < -0.3 is 16.0 Å². The zero-order valence-corrected chi connectivity index (χ0v) is 15.5. The molecule has 1 fully saturated rings. The second-order valence-corrected chi connectivity index (χ2v) is 7.70. The number of likely N-dealkylation sites (tertiary alicyclic amines) is 1. The number of aromatic nitrogens is 1. The Morgan fingerprint density at radius 3 is 2.92 bits per heavy atom. The van der Waals surface area contributed by atoms with E-state index < -0.39 is 0 Å². The van der Waals surface area contributed by atoms with Crippen molar-refractivity contribution in [1.29, 1.82) is 0 Å². The molecule has 0 aliphatic carbocycles. The summed E-state index contributed by atoms with van der Waals surface area (Å²) in [6, 6.07) is 4.85. The molecule has 3 N–H and O–H groups in total. The van der Waals surface area contributed by atoms with Crippen molar-refractivity contribution in [2.75, 3.05) is 18.8 Å². The summed E-state index contributed by atoms with van der Waals surface area (Å²) in [6.45, 7) is 0.997. The van der Waals surface area contributed by atoms with Crippen LogP contribution in [-0.2, 0) is 0 Å². The van der Waals surface area contributed by atoms with Crippen LogP contribution < -0.4 is 11.1 Å². The highest BCUT2D eigenvalue weighted by atomic mass is 35.5. The van der Waals surface area contributed by atoms with Crippen molar-refractivity contribution in [2.45, 2.75) is 18.9 Å². The van der Waals surface area contributed by atoms with Crippen LogP contribution in [0, 0.1) is 0 Å². The lowest BCUT2D eigenvalue weighted by atomic mass is 10.1. The molecule has 132 valence electrons. The molecule has 2 aromatic rings. The van der Waals surface area contributed by atoms with Gasteiger partial charge in [-0.2, -0.15) is 0 Å². The molecule has 0 spiro atoms. The number of para-hydroxylation sites is 1. The predicted molar refractivity (Wildman–Crippen MR) is 99.4 cm³/mol. The van der Waals surface area contributed by atoms with Crippen LogP contribution in [-0.4, -0.2) is 40.8 Å². The molecule has 0 radical (unpaired) electrons. The third kappa shape index (κ3) is 3.89. The van der Waals surface area contributed by atoms with E-state index in [1.165, 1.54) is 6.20 Å². The fourth-order valence-electron chi connectivity index (χ4n) is 2.85. The van der Waals surface area contributed by atoms with Gasteiger partial charge in [0.05, 0.1) is 22.5 Å². The molecular weight excluding hydrogens is 383 g/mol. The van der Waals surface area contributed by atoms with Crippen LogP contribution in [0.5, 0.6) is 0 Å². The highest BCUT2D eigenvalue weighted by molar-refractivity contribution is 7.17. The molecule has 9 heteroatoms. The van der Waals surface area contributed by atoms with Gasteiger partial charge in [0.2, 0.25) is 0 Å². The minimum atomic E-state index is -0.305. The number of benzene rings is 1. The maximum absolute atomic E-state index is 12.6. The molecule has 0 saturated carbocycles. The second kappa shape index (κ2) is 7.59. The Bertz CT molecular complexity index is 811. The summed E-state index contributed by atoms with van der Waals surface area (Å²) in [5.41, 5.74) is 6.43. The molecular formula is C16H16Cl2N4O2S. The molecule has 2 amide bonds. The quantitative estimate of drug-likeness (QED) is 0.774. The van der Waals surface area contributed by atoms with Crippen molar-refractivity contribution in [2.24, 2.45) is 0 Å². The number of carbonyl (C=O) groups excluding carboxylic acids is 2. The van der Waals surface area contributed by atoms with Gasteiger partial charge in [-0.15, -0.1) is 0 Å². The number of carbonyl (C=O) groups is 2. The number of hydrogen-bond acceptors (Lipinski definition) is 5. The Morgan fingerprint density at radius 2 is 2.20 bits per heavy atom. The highest BCUT2D eigenvalue weighted by Crippen LogP contribution is 2.25. The number of halogens is 2. The number of nitrogens with one attached hydrogen (secondary N) is 1. The van der Waals surface area contributed by atoms with Crippen LogP contribution in [0.4, 0.5) is 5.69 Å². The first-order valence-corrected chi connectivity index (χ1v) is 9.29. The summed E-state index contributed by atoms with van der Waals surface area (Å²) in [7, 11) is 0. The van der Waals surface area contributed by atoms with Crippen LogP contribution >= 0.6 is 34.5 Å². The van der Waals surface area contributed by atoms with E-state index in [2.05, 4.69) is 10.3 Å². The number of nitrogens with zero attached hydrogens (tertiary/aromatic N) is 2. The smallest absolute Gasteiger partial charge is 0.265 e. The first-order valence-electron chi connectivity index (χ1n) is 7.72. The van der Waals surface area contributed by atoms with Gasteiger partial charge in [-0.25, -0.2) is 4.98 Å². The monoisotopic (exact) mass is 398 g/mol. The van der Waals surface area contributed by atoms with Crippen LogP contribution in [0.1, 0.15) is 32.9 Å². The van der Waals surface area contributed by atoms with Crippen LogP contribution in [0.25, 0.3) is 0 Å². The summed E-state index contributed by atoms with van der Waals surface area (Å²) in [4.78, 5) is 31.1. The van der Waals surface area contributed by atoms with Crippen LogP contribution in [0.2, 0.25) is 9.49 Å². The highest BCUT2D eigenvalue weighted by Gasteiger charge is 2.30. The van der Waals surface area contributed by atoms with Crippen molar-refractivity contribution in [3.63, 3.8) is 0 Å². The minimum absolute atomic E-state index is 0.0715. The number of anilines is 1. The van der Waals surface area contributed by atoms with Gasteiger partial charge in [-0.05, 0) is 25.0 Å². The van der Waals surface area contributed by atoms with Crippen molar-refractivity contribution < 1.29 is 9.59 Å². The summed E-state index contributed by atoms with van der Waals surface area (Å²) in [5, 5.41) is 3.18. The van der Waals surface area contributed by atoms with E-state index >= 15 is 0 Å². The number of hydrogen-bond donors (Lipinski definition) is 2. The zero-order chi connectivity index (χ0) is 18.0. The lowest BCUT2D eigenvalue weighted by Gasteiger charge is -2.24. The maximum atomic E-state index is 12.6. The van der Waals surface area contributed by atoms with Gasteiger partial charge >= 0.3 is 0 Å². The fraction of sp³-hybridized carbons (Fsp3) is 0.312. The SMILES string of the molecule is Nc1c(Cl)cccc1C(=O)NC[C@H]1CCCN1C(=O)c1cnc(Cl)s1. The summed E-state index contributed by atoms with van der Waals surface area (Å²) < 4.78 is 0.337. The molecule has 1 aromatic heterocycles. The van der Waals surface area contributed by atoms with Crippen molar-refractivity contribution in [3.8, 4) is 0 Å². The minimum Gasteiger partial charge on any atom is -0.397 e. The van der Waals surface area contributed by atoms with Gasteiger partial charge in [-0.3, -0.25) is 9.59 Å². The molecule has 1 saturated heterocycles. The summed E-state index contributed by atoms with van der Waals surface area (Å²) in [5.74, 6) is -0.413. The van der Waals surface area contributed by atoms with E-state index in [1.807, 2.05) is 0 Å². The van der Waals surface area contributed by atoms with E-state index in [-0.39, 0.29) is 23.5 Å². The third-order valence-corrected chi connectivity index (χ3v) is 5.55. The Balaban J connectivity index is 1.65. The van der Waals surface area contributed by atoms with Gasteiger partial charge in [0.15, 0.2) is 4.47 Å². The fourth-order valence-corrected chi connectivity index (χ4v) is 3.92.